The minimum absolute atomic E-state index is 0. The van der Waals surface area contributed by atoms with Gasteiger partial charge in [0.1, 0.15) is 0 Å². The lowest BCUT2D eigenvalue weighted by atomic mass is 10.0. The Bertz CT molecular complexity index is 1170. The topological polar surface area (TPSA) is 66.0 Å². The van der Waals surface area contributed by atoms with E-state index < -0.39 is 0 Å². The van der Waals surface area contributed by atoms with Crippen molar-refractivity contribution in [3.05, 3.63) is 109 Å². The zero-order valence-electron chi connectivity index (χ0n) is 20.1. The van der Waals surface area contributed by atoms with Crippen LogP contribution in [0.2, 0.25) is 0 Å². The van der Waals surface area contributed by atoms with Gasteiger partial charge < -0.3 is 44.6 Å². The number of pyridine rings is 2. The predicted molar refractivity (Wildman–Crippen MR) is 132 cm³/mol. The Kier molecular flexibility index (Phi) is 11.0. The number of anilines is 2. The van der Waals surface area contributed by atoms with E-state index in [0.717, 1.165) is 33.6 Å². The molecule has 2 amide bonds. The highest BCUT2D eigenvalue weighted by atomic mass is 79.9. The number of rotatable bonds is 7. The number of aryl methyl sites for hydroxylation is 2. The standard InChI is InChI=1S/C28H26N4O2.2BrH/c1-21-11-15-31(16-12-21)19-27(33)29-25-7-3-23(4-8-25)24-5-9-26(10-6-24)30-28(34)20-32-17-13-22(2)14-18-32;;/h3-18H,19-20H2,1-2H3;2*1H. The third-order valence-electron chi connectivity index (χ3n) is 5.44. The van der Waals surface area contributed by atoms with Gasteiger partial charge in [-0.15, -0.1) is 0 Å². The fourth-order valence-corrected chi connectivity index (χ4v) is 3.50. The van der Waals surface area contributed by atoms with Crippen LogP contribution in [0.5, 0.6) is 0 Å². The van der Waals surface area contributed by atoms with E-state index in [1.165, 1.54) is 0 Å². The van der Waals surface area contributed by atoms with Gasteiger partial charge in [0.05, 0.1) is 0 Å². The van der Waals surface area contributed by atoms with Crippen molar-refractivity contribution in [2.75, 3.05) is 10.6 Å². The summed E-state index contributed by atoms with van der Waals surface area (Å²) >= 11 is 0. The van der Waals surface area contributed by atoms with Gasteiger partial charge in [-0.25, -0.2) is 0 Å². The average Bonchev–Trinajstić information content (AvgIpc) is 2.83. The van der Waals surface area contributed by atoms with E-state index in [9.17, 15) is 9.59 Å². The molecule has 6 nitrogen and oxygen atoms in total. The molecule has 0 bridgehead atoms. The molecular formula is C28H28Br2N4O2. The number of hydrogen-bond donors (Lipinski definition) is 2. The lowest BCUT2D eigenvalue weighted by molar-refractivity contribution is -0.684. The van der Waals surface area contributed by atoms with E-state index in [-0.39, 0.29) is 58.9 Å². The number of nitrogens with zero attached hydrogens (tertiary/aromatic N) is 2. The molecule has 0 aliphatic rings. The zero-order valence-corrected chi connectivity index (χ0v) is 23.3. The molecule has 8 heteroatoms. The van der Waals surface area contributed by atoms with Crippen LogP contribution in [0.3, 0.4) is 0 Å². The molecule has 186 valence electrons. The number of carbonyl (C=O) groups is 2. The molecule has 0 fully saturated rings. The maximum Gasteiger partial charge on any atom is 0.290 e. The monoisotopic (exact) mass is 610 g/mol. The van der Waals surface area contributed by atoms with Crippen LogP contribution >= 0.6 is 0 Å². The Morgan fingerprint density at radius 1 is 0.556 bits per heavy atom. The molecular weight excluding hydrogens is 584 g/mol. The Hall–Kier alpha value is -3.36. The first-order valence-corrected chi connectivity index (χ1v) is 11.2. The van der Waals surface area contributed by atoms with Crippen LogP contribution in [-0.4, -0.2) is 11.8 Å². The van der Waals surface area contributed by atoms with Crippen LogP contribution in [-0.2, 0) is 22.7 Å². The molecule has 0 unspecified atom stereocenters. The summed E-state index contributed by atoms with van der Waals surface area (Å²) in [7, 11) is 0. The third-order valence-corrected chi connectivity index (χ3v) is 5.44. The fraction of sp³-hybridized carbons (Fsp3) is 0.143. The third kappa shape index (κ3) is 8.39. The van der Waals surface area contributed by atoms with Crippen LogP contribution in [0.4, 0.5) is 11.4 Å². The summed E-state index contributed by atoms with van der Waals surface area (Å²) < 4.78 is 3.69. The summed E-state index contributed by atoms with van der Waals surface area (Å²) in [4.78, 5) is 24.6. The quantitative estimate of drug-likeness (QED) is 0.234. The van der Waals surface area contributed by atoms with Crippen molar-refractivity contribution in [2.45, 2.75) is 26.9 Å². The maximum absolute atomic E-state index is 12.3. The Morgan fingerprint density at radius 3 is 1.17 bits per heavy atom. The maximum atomic E-state index is 12.3. The van der Waals surface area contributed by atoms with Crippen LogP contribution in [0.1, 0.15) is 11.1 Å². The second-order valence-corrected chi connectivity index (χ2v) is 8.35. The molecule has 4 rings (SSSR count). The summed E-state index contributed by atoms with van der Waals surface area (Å²) in [6.07, 6.45) is 7.58. The second-order valence-electron chi connectivity index (χ2n) is 8.35. The van der Waals surface area contributed by atoms with Gasteiger partial charge in [-0.3, -0.25) is 9.59 Å². The molecule has 4 aromatic rings. The zero-order chi connectivity index (χ0) is 23.9. The molecule has 2 aromatic heterocycles. The fourth-order valence-electron chi connectivity index (χ4n) is 3.50. The molecule has 0 radical (unpaired) electrons. The van der Waals surface area contributed by atoms with Crippen molar-refractivity contribution in [3.8, 4) is 11.1 Å². The van der Waals surface area contributed by atoms with E-state index in [4.69, 9.17) is 0 Å². The molecule has 2 N–H and O–H groups in total. The van der Waals surface area contributed by atoms with Gasteiger partial charge in [-0.05, 0) is 60.4 Å². The summed E-state index contributed by atoms with van der Waals surface area (Å²) in [6, 6.07) is 23.3. The predicted octanol–water partition coefficient (Wildman–Crippen LogP) is -2.17. The minimum Gasteiger partial charge on any atom is -1.00 e. The molecule has 0 aliphatic carbocycles. The Balaban J connectivity index is 0.00000228. The SMILES string of the molecule is Cc1cc[n+](CC(=O)Nc2ccc(-c3ccc(NC(=O)C[n+]4ccc(C)cc4)cc3)cc2)cc1.[Br-].[Br-]. The molecule has 0 saturated carbocycles. The summed E-state index contributed by atoms with van der Waals surface area (Å²) in [5.41, 5.74) is 5.86. The van der Waals surface area contributed by atoms with Gasteiger partial charge in [0.2, 0.25) is 13.1 Å². The van der Waals surface area contributed by atoms with E-state index in [1.54, 1.807) is 0 Å². The first-order chi connectivity index (χ1) is 16.4. The van der Waals surface area contributed by atoms with E-state index in [0.29, 0.717) is 0 Å². The summed E-state index contributed by atoms with van der Waals surface area (Å²) in [5.74, 6) is -0.156. The van der Waals surface area contributed by atoms with Gasteiger partial charge in [-0.2, -0.15) is 9.13 Å². The van der Waals surface area contributed by atoms with Crippen LogP contribution in [0.25, 0.3) is 11.1 Å². The smallest absolute Gasteiger partial charge is 0.290 e. The Morgan fingerprint density at radius 2 is 0.861 bits per heavy atom. The van der Waals surface area contributed by atoms with Crippen molar-refractivity contribution in [2.24, 2.45) is 0 Å². The summed E-state index contributed by atoms with van der Waals surface area (Å²) in [6.45, 7) is 4.55. The number of hydrogen-bond acceptors (Lipinski definition) is 2. The molecule has 0 spiro atoms. The van der Waals surface area contributed by atoms with Gasteiger partial charge in [0, 0.05) is 35.6 Å². The highest BCUT2D eigenvalue weighted by Gasteiger charge is 2.11. The van der Waals surface area contributed by atoms with Crippen molar-refractivity contribution < 1.29 is 52.7 Å². The van der Waals surface area contributed by atoms with E-state index in [2.05, 4.69) is 10.6 Å². The molecule has 2 heterocycles. The van der Waals surface area contributed by atoms with Gasteiger partial charge in [0.15, 0.2) is 24.8 Å². The minimum atomic E-state index is -0.0782. The van der Waals surface area contributed by atoms with Crippen LogP contribution in [0.15, 0.2) is 97.6 Å². The molecule has 2 aromatic carbocycles. The van der Waals surface area contributed by atoms with Gasteiger partial charge in [-0.1, -0.05) is 24.3 Å². The number of nitrogens with one attached hydrogen (secondary N) is 2. The first kappa shape index (κ1) is 28.9. The first-order valence-electron chi connectivity index (χ1n) is 11.2. The lowest BCUT2D eigenvalue weighted by Crippen LogP contribution is -3.00. The number of carbonyl (C=O) groups excluding carboxylic acids is 2. The van der Waals surface area contributed by atoms with E-state index >= 15 is 0 Å². The summed E-state index contributed by atoms with van der Waals surface area (Å²) in [5, 5.41) is 5.86. The van der Waals surface area contributed by atoms with Crippen molar-refractivity contribution >= 4 is 23.2 Å². The largest absolute Gasteiger partial charge is 1.00 e. The van der Waals surface area contributed by atoms with Gasteiger partial charge in [0.25, 0.3) is 11.8 Å². The highest BCUT2D eigenvalue weighted by Crippen LogP contribution is 2.23. The van der Waals surface area contributed by atoms with Crippen LogP contribution in [0, 0.1) is 13.8 Å². The van der Waals surface area contributed by atoms with Gasteiger partial charge >= 0.3 is 0 Å². The normalized spacial score (nSPS) is 9.94. The second kappa shape index (κ2) is 13.7. The number of amides is 2. The molecule has 36 heavy (non-hydrogen) atoms. The van der Waals surface area contributed by atoms with Crippen molar-refractivity contribution in [3.63, 3.8) is 0 Å². The number of aromatic nitrogens is 2. The molecule has 0 saturated heterocycles. The van der Waals surface area contributed by atoms with Crippen molar-refractivity contribution in [1.82, 2.24) is 0 Å². The number of benzene rings is 2. The van der Waals surface area contributed by atoms with E-state index in [1.807, 2.05) is 121 Å². The molecule has 0 aliphatic heterocycles. The highest BCUT2D eigenvalue weighted by molar-refractivity contribution is 5.91. The lowest BCUT2D eigenvalue weighted by Gasteiger charge is -2.08. The average molecular weight is 612 g/mol. The number of halogens is 2. The Labute approximate surface area is 232 Å². The molecule has 0 atom stereocenters. The van der Waals surface area contributed by atoms with Crippen LogP contribution < -0.4 is 53.7 Å². The van der Waals surface area contributed by atoms with Crippen molar-refractivity contribution in [1.29, 1.82) is 0 Å².